The molecule has 1 aliphatic rings. The molecule has 1 heterocycles. The van der Waals surface area contributed by atoms with Gasteiger partial charge in [0.05, 0.1) is 6.42 Å². The molecule has 116 valence electrons. The standard InChI is InChI=1S/C16H17NO5/c1-11(16(21)12-5-3-2-4-6-12)22-15(20)9-10-17-13(18)7-8-14(17)19/h2-6,11H,7-10H2,1H3. The van der Waals surface area contributed by atoms with Crippen molar-refractivity contribution in [1.82, 2.24) is 4.90 Å². The number of ether oxygens (including phenoxy) is 1. The molecule has 0 aromatic heterocycles. The molecule has 1 fully saturated rings. The Morgan fingerprint density at radius 3 is 2.32 bits per heavy atom. The molecule has 22 heavy (non-hydrogen) atoms. The van der Waals surface area contributed by atoms with Crippen molar-refractivity contribution in [2.45, 2.75) is 32.3 Å². The van der Waals surface area contributed by atoms with E-state index in [4.69, 9.17) is 4.74 Å². The second-order valence-electron chi connectivity index (χ2n) is 5.05. The molecule has 6 nitrogen and oxygen atoms in total. The minimum Gasteiger partial charge on any atom is -0.454 e. The molecule has 1 aromatic carbocycles. The number of esters is 1. The zero-order valence-corrected chi connectivity index (χ0v) is 12.3. The fraction of sp³-hybridized carbons (Fsp3) is 0.375. The van der Waals surface area contributed by atoms with Crippen LogP contribution in [0.25, 0.3) is 0 Å². The highest BCUT2D eigenvalue weighted by Gasteiger charge is 2.29. The summed E-state index contributed by atoms with van der Waals surface area (Å²) in [5.41, 5.74) is 0.465. The largest absolute Gasteiger partial charge is 0.454 e. The van der Waals surface area contributed by atoms with Crippen LogP contribution in [0.1, 0.15) is 36.5 Å². The average Bonchev–Trinajstić information content (AvgIpc) is 2.84. The summed E-state index contributed by atoms with van der Waals surface area (Å²) in [5.74, 6) is -1.44. The number of imide groups is 1. The van der Waals surface area contributed by atoms with Gasteiger partial charge in [0.1, 0.15) is 0 Å². The molecule has 0 saturated carbocycles. The van der Waals surface area contributed by atoms with E-state index in [0.29, 0.717) is 5.56 Å². The molecular weight excluding hydrogens is 286 g/mol. The zero-order valence-electron chi connectivity index (χ0n) is 12.3. The molecule has 2 amide bonds. The van der Waals surface area contributed by atoms with Crippen LogP contribution in [0.3, 0.4) is 0 Å². The maximum atomic E-state index is 12.0. The Morgan fingerprint density at radius 1 is 1.14 bits per heavy atom. The first-order valence-electron chi connectivity index (χ1n) is 7.11. The first kappa shape index (κ1) is 15.9. The zero-order chi connectivity index (χ0) is 16.1. The highest BCUT2D eigenvalue weighted by molar-refractivity contribution is 6.02. The number of benzene rings is 1. The Hall–Kier alpha value is -2.50. The molecule has 6 heteroatoms. The number of rotatable bonds is 6. The number of carbonyl (C=O) groups excluding carboxylic acids is 4. The lowest BCUT2D eigenvalue weighted by molar-refractivity contribution is -0.147. The van der Waals surface area contributed by atoms with E-state index >= 15 is 0 Å². The summed E-state index contributed by atoms with van der Waals surface area (Å²) < 4.78 is 5.06. The lowest BCUT2D eigenvalue weighted by Crippen LogP contribution is -2.32. The third kappa shape index (κ3) is 3.78. The Kier molecular flexibility index (Phi) is 5.04. The summed E-state index contributed by atoms with van der Waals surface area (Å²) in [4.78, 5) is 47.7. The number of ketones is 1. The van der Waals surface area contributed by atoms with Crippen molar-refractivity contribution in [2.24, 2.45) is 0 Å². The Labute approximate surface area is 128 Å². The second-order valence-corrected chi connectivity index (χ2v) is 5.05. The molecule has 1 aromatic rings. The van der Waals surface area contributed by atoms with E-state index in [1.807, 2.05) is 0 Å². The van der Waals surface area contributed by atoms with E-state index in [0.717, 1.165) is 4.90 Å². The number of Topliss-reactive ketones (excluding diaryl/α,β-unsaturated/α-hetero) is 1. The van der Waals surface area contributed by atoms with Crippen LogP contribution in [-0.4, -0.2) is 41.1 Å². The molecular formula is C16H17NO5. The molecule has 1 atom stereocenters. The molecule has 1 saturated heterocycles. The predicted molar refractivity (Wildman–Crippen MR) is 76.9 cm³/mol. The predicted octanol–water partition coefficient (Wildman–Crippen LogP) is 1.34. The lowest BCUT2D eigenvalue weighted by Gasteiger charge is -2.15. The van der Waals surface area contributed by atoms with Gasteiger partial charge in [-0.3, -0.25) is 24.1 Å². The first-order chi connectivity index (χ1) is 10.5. The number of amides is 2. The highest BCUT2D eigenvalue weighted by atomic mass is 16.5. The third-order valence-corrected chi connectivity index (χ3v) is 3.43. The number of likely N-dealkylation sites (tertiary alicyclic amines) is 1. The van der Waals surface area contributed by atoms with Gasteiger partial charge < -0.3 is 4.74 Å². The molecule has 1 aliphatic heterocycles. The van der Waals surface area contributed by atoms with Gasteiger partial charge in [0, 0.05) is 24.9 Å². The maximum absolute atomic E-state index is 12.0. The van der Waals surface area contributed by atoms with Gasteiger partial charge in [-0.05, 0) is 6.92 Å². The minimum atomic E-state index is -0.903. The molecule has 0 radical (unpaired) electrons. The molecule has 0 aliphatic carbocycles. The Bertz CT molecular complexity index is 580. The van der Waals surface area contributed by atoms with Gasteiger partial charge in [0.2, 0.25) is 17.6 Å². The van der Waals surface area contributed by atoms with Crippen LogP contribution in [0.2, 0.25) is 0 Å². The number of nitrogens with zero attached hydrogens (tertiary/aromatic N) is 1. The van der Waals surface area contributed by atoms with Crippen molar-refractivity contribution in [3.05, 3.63) is 35.9 Å². The van der Waals surface area contributed by atoms with Gasteiger partial charge in [-0.1, -0.05) is 30.3 Å². The summed E-state index contributed by atoms with van der Waals surface area (Å²) >= 11 is 0. The van der Waals surface area contributed by atoms with Crippen molar-refractivity contribution < 1.29 is 23.9 Å². The minimum absolute atomic E-state index is 0.00273. The van der Waals surface area contributed by atoms with Crippen LogP contribution in [-0.2, 0) is 19.1 Å². The third-order valence-electron chi connectivity index (χ3n) is 3.43. The van der Waals surface area contributed by atoms with Crippen LogP contribution >= 0.6 is 0 Å². The molecule has 0 N–H and O–H groups in total. The number of hydrogen-bond acceptors (Lipinski definition) is 5. The molecule has 1 unspecified atom stereocenters. The molecule has 0 bridgehead atoms. The SMILES string of the molecule is CC(OC(=O)CCN1C(=O)CCC1=O)C(=O)c1ccccc1. The summed E-state index contributed by atoms with van der Waals surface area (Å²) in [7, 11) is 0. The van der Waals surface area contributed by atoms with Gasteiger partial charge in [-0.2, -0.15) is 0 Å². The van der Waals surface area contributed by atoms with Crippen molar-refractivity contribution in [1.29, 1.82) is 0 Å². The van der Waals surface area contributed by atoms with Crippen LogP contribution in [0, 0.1) is 0 Å². The van der Waals surface area contributed by atoms with Crippen molar-refractivity contribution >= 4 is 23.6 Å². The average molecular weight is 303 g/mol. The van der Waals surface area contributed by atoms with E-state index in [9.17, 15) is 19.2 Å². The number of carbonyl (C=O) groups is 4. The quantitative estimate of drug-likeness (QED) is 0.450. The van der Waals surface area contributed by atoms with Crippen LogP contribution in [0.4, 0.5) is 0 Å². The van der Waals surface area contributed by atoms with Crippen molar-refractivity contribution in [2.75, 3.05) is 6.54 Å². The molecule has 2 rings (SSSR count). The Balaban J connectivity index is 1.83. The van der Waals surface area contributed by atoms with Crippen molar-refractivity contribution in [3.8, 4) is 0 Å². The van der Waals surface area contributed by atoms with E-state index < -0.39 is 12.1 Å². The lowest BCUT2D eigenvalue weighted by atomic mass is 10.1. The maximum Gasteiger partial charge on any atom is 0.308 e. The van der Waals surface area contributed by atoms with E-state index in [-0.39, 0.29) is 43.4 Å². The summed E-state index contributed by atoms with van der Waals surface area (Å²) in [6, 6.07) is 8.54. The van der Waals surface area contributed by atoms with Crippen molar-refractivity contribution in [3.63, 3.8) is 0 Å². The van der Waals surface area contributed by atoms with Gasteiger partial charge in [-0.15, -0.1) is 0 Å². The Morgan fingerprint density at radius 2 is 1.73 bits per heavy atom. The van der Waals surface area contributed by atoms with E-state index in [2.05, 4.69) is 0 Å². The molecule has 0 spiro atoms. The monoisotopic (exact) mass is 303 g/mol. The van der Waals surface area contributed by atoms with Crippen LogP contribution in [0.5, 0.6) is 0 Å². The summed E-state index contributed by atoms with van der Waals surface area (Å²) in [6.07, 6.45) is -0.628. The normalized spacial score (nSPS) is 15.8. The van der Waals surface area contributed by atoms with Gasteiger partial charge in [-0.25, -0.2) is 0 Å². The first-order valence-corrected chi connectivity index (χ1v) is 7.11. The van der Waals surface area contributed by atoms with E-state index in [1.54, 1.807) is 30.3 Å². The summed E-state index contributed by atoms with van der Waals surface area (Å²) in [5, 5.41) is 0. The van der Waals surface area contributed by atoms with Crippen LogP contribution in [0.15, 0.2) is 30.3 Å². The second kappa shape index (κ2) is 6.98. The highest BCUT2D eigenvalue weighted by Crippen LogP contribution is 2.13. The fourth-order valence-corrected chi connectivity index (χ4v) is 2.22. The number of hydrogen-bond donors (Lipinski definition) is 0. The van der Waals surface area contributed by atoms with Gasteiger partial charge in [0.15, 0.2) is 6.10 Å². The smallest absolute Gasteiger partial charge is 0.308 e. The summed E-state index contributed by atoms with van der Waals surface area (Å²) in [6.45, 7) is 1.50. The van der Waals surface area contributed by atoms with E-state index in [1.165, 1.54) is 6.92 Å². The van der Waals surface area contributed by atoms with Crippen LogP contribution < -0.4 is 0 Å². The van der Waals surface area contributed by atoms with Gasteiger partial charge in [0.25, 0.3) is 0 Å². The van der Waals surface area contributed by atoms with Gasteiger partial charge >= 0.3 is 5.97 Å². The fourth-order valence-electron chi connectivity index (χ4n) is 2.22. The topological polar surface area (TPSA) is 80.8 Å².